The first kappa shape index (κ1) is 13.3. The van der Waals surface area contributed by atoms with Crippen LogP contribution in [-0.4, -0.2) is 42.1 Å². The quantitative estimate of drug-likeness (QED) is 0.851. The normalized spacial score (nSPS) is 26.1. The molecule has 1 aliphatic rings. The molecule has 0 saturated carbocycles. The molecule has 4 nitrogen and oxygen atoms in total. The van der Waals surface area contributed by atoms with Gasteiger partial charge in [0.25, 0.3) is 0 Å². The summed E-state index contributed by atoms with van der Waals surface area (Å²) in [5.41, 5.74) is 1.95. The third-order valence-electron chi connectivity index (χ3n) is 3.26. The van der Waals surface area contributed by atoms with Gasteiger partial charge in [0.15, 0.2) is 0 Å². The fraction of sp³-hybridized carbons (Fsp3) is 0.571. The van der Waals surface area contributed by atoms with Crippen molar-refractivity contribution in [1.29, 1.82) is 0 Å². The maximum absolute atomic E-state index is 9.82. The minimum Gasteiger partial charge on any atom is -0.394 e. The minimum atomic E-state index is -0.494. The number of hydrogen-bond donors (Lipinski definition) is 2. The molecule has 0 aromatic heterocycles. The topological polar surface area (TPSA) is 52.9 Å². The van der Waals surface area contributed by atoms with E-state index in [1.165, 1.54) is 0 Å². The average Bonchev–Trinajstić information content (AvgIpc) is 2.38. The highest BCUT2D eigenvalue weighted by Crippen LogP contribution is 2.28. The van der Waals surface area contributed by atoms with Crippen LogP contribution in [0.2, 0.25) is 0 Å². The molecule has 1 aliphatic heterocycles. The summed E-state index contributed by atoms with van der Waals surface area (Å²) in [5, 5.41) is 19.1. The zero-order valence-corrected chi connectivity index (χ0v) is 10.9. The number of rotatable bonds is 3. The van der Waals surface area contributed by atoms with Crippen LogP contribution in [-0.2, 0) is 4.74 Å². The Morgan fingerprint density at radius 3 is 2.78 bits per heavy atom. The Labute approximate surface area is 108 Å². The summed E-state index contributed by atoms with van der Waals surface area (Å²) >= 11 is 0. The van der Waals surface area contributed by atoms with Gasteiger partial charge in [-0.1, -0.05) is 18.2 Å². The first-order chi connectivity index (χ1) is 8.61. The summed E-state index contributed by atoms with van der Waals surface area (Å²) in [7, 11) is 0. The molecular formula is C14H21NO3. The van der Waals surface area contributed by atoms with E-state index in [1.807, 2.05) is 31.2 Å². The van der Waals surface area contributed by atoms with Gasteiger partial charge in [0.05, 0.1) is 24.9 Å². The number of hydrogen-bond acceptors (Lipinski definition) is 4. The molecule has 3 atom stereocenters. The maximum Gasteiger partial charge on any atom is 0.0984 e. The number of benzene rings is 1. The summed E-state index contributed by atoms with van der Waals surface area (Å²) < 4.78 is 5.63. The molecule has 0 radical (unpaired) electrons. The van der Waals surface area contributed by atoms with Crippen LogP contribution in [0.5, 0.6) is 0 Å². The number of ether oxygens (including phenoxy) is 1. The first-order valence-electron chi connectivity index (χ1n) is 6.40. The Morgan fingerprint density at radius 1 is 1.39 bits per heavy atom. The molecular weight excluding hydrogens is 230 g/mol. The van der Waals surface area contributed by atoms with E-state index in [4.69, 9.17) is 4.74 Å². The second-order valence-electron chi connectivity index (χ2n) is 4.89. The van der Waals surface area contributed by atoms with Gasteiger partial charge in [-0.15, -0.1) is 0 Å². The third-order valence-corrected chi connectivity index (χ3v) is 3.26. The summed E-state index contributed by atoms with van der Waals surface area (Å²) in [6, 6.07) is 7.84. The molecule has 2 N–H and O–H groups in total. The number of para-hydroxylation sites is 1. The van der Waals surface area contributed by atoms with Crippen LogP contribution < -0.4 is 4.90 Å². The third kappa shape index (κ3) is 2.83. The molecule has 2 rings (SSSR count). The van der Waals surface area contributed by atoms with Crippen molar-refractivity contribution in [2.24, 2.45) is 0 Å². The number of anilines is 1. The molecule has 1 aromatic carbocycles. The Balaban J connectivity index is 2.25. The monoisotopic (exact) mass is 251 g/mol. The van der Waals surface area contributed by atoms with E-state index in [0.29, 0.717) is 6.54 Å². The molecule has 0 amide bonds. The molecule has 100 valence electrons. The lowest BCUT2D eigenvalue weighted by Crippen LogP contribution is -2.48. The van der Waals surface area contributed by atoms with Crippen molar-refractivity contribution in [3.8, 4) is 0 Å². The fourth-order valence-corrected chi connectivity index (χ4v) is 2.47. The van der Waals surface area contributed by atoms with Crippen LogP contribution in [0.3, 0.4) is 0 Å². The fourth-order valence-electron chi connectivity index (χ4n) is 2.47. The SMILES string of the molecule is CC1CN(c2ccccc2C(C)O)CC(CO)O1. The largest absolute Gasteiger partial charge is 0.394 e. The molecule has 18 heavy (non-hydrogen) atoms. The van der Waals surface area contributed by atoms with Gasteiger partial charge in [-0.25, -0.2) is 0 Å². The summed E-state index contributed by atoms with van der Waals surface area (Å²) in [4.78, 5) is 2.18. The van der Waals surface area contributed by atoms with Crippen LogP contribution in [0, 0.1) is 0 Å². The minimum absolute atomic E-state index is 0.0255. The van der Waals surface area contributed by atoms with Gasteiger partial charge in [0.1, 0.15) is 0 Å². The summed E-state index contributed by atoms with van der Waals surface area (Å²) in [6.45, 7) is 5.23. The molecule has 1 aromatic rings. The van der Waals surface area contributed by atoms with Crippen LogP contribution >= 0.6 is 0 Å². The molecule has 0 spiro atoms. The summed E-state index contributed by atoms with van der Waals surface area (Å²) in [6.07, 6.45) is -0.569. The molecule has 0 bridgehead atoms. The Hall–Kier alpha value is -1.10. The average molecular weight is 251 g/mol. The zero-order chi connectivity index (χ0) is 13.1. The second-order valence-corrected chi connectivity index (χ2v) is 4.89. The van der Waals surface area contributed by atoms with Crippen molar-refractivity contribution in [1.82, 2.24) is 0 Å². The van der Waals surface area contributed by atoms with E-state index in [0.717, 1.165) is 17.8 Å². The Bertz CT molecular complexity index is 394. The van der Waals surface area contributed by atoms with E-state index < -0.39 is 6.10 Å². The standard InChI is InChI=1S/C14H21NO3/c1-10-7-15(8-12(9-16)18-10)14-6-4-3-5-13(14)11(2)17/h3-6,10-12,16-17H,7-9H2,1-2H3. The summed E-state index contributed by atoms with van der Waals surface area (Å²) in [5.74, 6) is 0. The molecule has 1 fully saturated rings. The van der Waals surface area contributed by atoms with Crippen LogP contribution in [0.15, 0.2) is 24.3 Å². The van der Waals surface area contributed by atoms with Crippen molar-refractivity contribution < 1.29 is 14.9 Å². The second kappa shape index (κ2) is 5.69. The predicted octanol–water partition coefficient (Wildman–Crippen LogP) is 1.33. The van der Waals surface area contributed by atoms with Crippen LogP contribution in [0.25, 0.3) is 0 Å². The molecule has 3 unspecified atom stereocenters. The lowest BCUT2D eigenvalue weighted by Gasteiger charge is -2.38. The Kier molecular flexibility index (Phi) is 4.22. The highest BCUT2D eigenvalue weighted by molar-refractivity contribution is 5.55. The van der Waals surface area contributed by atoms with Crippen molar-refractivity contribution in [2.45, 2.75) is 32.2 Å². The van der Waals surface area contributed by atoms with Crippen molar-refractivity contribution >= 4 is 5.69 Å². The molecule has 1 saturated heterocycles. The smallest absolute Gasteiger partial charge is 0.0984 e. The number of nitrogens with zero attached hydrogens (tertiary/aromatic N) is 1. The lowest BCUT2D eigenvalue weighted by atomic mass is 10.1. The number of morpholine rings is 1. The van der Waals surface area contributed by atoms with Gasteiger partial charge in [-0.3, -0.25) is 0 Å². The molecule has 1 heterocycles. The molecule has 0 aliphatic carbocycles. The van der Waals surface area contributed by atoms with E-state index in [2.05, 4.69) is 4.90 Å². The first-order valence-corrected chi connectivity index (χ1v) is 6.40. The van der Waals surface area contributed by atoms with Gasteiger partial charge in [-0.2, -0.15) is 0 Å². The van der Waals surface area contributed by atoms with E-state index in [1.54, 1.807) is 6.92 Å². The van der Waals surface area contributed by atoms with Crippen molar-refractivity contribution in [3.05, 3.63) is 29.8 Å². The lowest BCUT2D eigenvalue weighted by molar-refractivity contribution is -0.0422. The van der Waals surface area contributed by atoms with E-state index in [-0.39, 0.29) is 18.8 Å². The zero-order valence-electron chi connectivity index (χ0n) is 10.9. The number of aliphatic hydroxyl groups is 2. The van der Waals surface area contributed by atoms with Gasteiger partial charge >= 0.3 is 0 Å². The maximum atomic E-state index is 9.82. The van der Waals surface area contributed by atoms with Crippen molar-refractivity contribution in [3.63, 3.8) is 0 Å². The van der Waals surface area contributed by atoms with Gasteiger partial charge in [0.2, 0.25) is 0 Å². The predicted molar refractivity (Wildman–Crippen MR) is 70.7 cm³/mol. The van der Waals surface area contributed by atoms with Gasteiger partial charge in [0, 0.05) is 24.3 Å². The van der Waals surface area contributed by atoms with E-state index in [9.17, 15) is 10.2 Å². The van der Waals surface area contributed by atoms with Crippen LogP contribution in [0.1, 0.15) is 25.5 Å². The molecule has 4 heteroatoms. The van der Waals surface area contributed by atoms with E-state index >= 15 is 0 Å². The number of aliphatic hydroxyl groups excluding tert-OH is 2. The Morgan fingerprint density at radius 2 is 2.11 bits per heavy atom. The van der Waals surface area contributed by atoms with Crippen molar-refractivity contribution in [2.75, 3.05) is 24.6 Å². The van der Waals surface area contributed by atoms with Gasteiger partial charge < -0.3 is 19.8 Å². The highest BCUT2D eigenvalue weighted by Gasteiger charge is 2.26. The van der Waals surface area contributed by atoms with Gasteiger partial charge in [-0.05, 0) is 19.9 Å². The van der Waals surface area contributed by atoms with Crippen LogP contribution in [0.4, 0.5) is 5.69 Å². The highest BCUT2D eigenvalue weighted by atomic mass is 16.5.